The number of hydrogen-bond acceptors (Lipinski definition) is 12. The summed E-state index contributed by atoms with van der Waals surface area (Å²) in [4.78, 5) is 47.9. The summed E-state index contributed by atoms with van der Waals surface area (Å²) in [6.45, 7) is -3.16. The maximum absolute atomic E-state index is 12.5. The number of ether oxygens (including phenoxy) is 2. The number of nitriles is 2. The maximum atomic E-state index is 12.5. The summed E-state index contributed by atoms with van der Waals surface area (Å²) in [6, 6.07) is 39.1. The fourth-order valence-corrected chi connectivity index (χ4v) is 4.64. The number of nitrogens with zero attached hydrogens (tertiary/aromatic N) is 2. The van der Waals surface area contributed by atoms with E-state index in [1.807, 2.05) is 24.3 Å². The number of carbonyl (C=O) groups is 4. The SMILES string of the molecule is N#CC(C(=O)OC(CO)C(=O)CO)=C(c1ccccc1)c1ccccc1.N#CC(C(=O)OCC(=O)C(O)CO)=C(c1ccccc1)c1ccccc1. The zero-order valence-electron chi connectivity index (χ0n) is 27.7. The van der Waals surface area contributed by atoms with Gasteiger partial charge in [-0.05, 0) is 22.3 Å². The third kappa shape index (κ3) is 11.0. The molecule has 0 radical (unpaired) electrons. The third-order valence-electron chi connectivity index (χ3n) is 7.20. The van der Waals surface area contributed by atoms with E-state index in [9.17, 15) is 39.9 Å². The quantitative estimate of drug-likeness (QED) is 0.0848. The van der Waals surface area contributed by atoms with Gasteiger partial charge in [-0.25, -0.2) is 9.59 Å². The third-order valence-corrected chi connectivity index (χ3v) is 7.20. The molecule has 264 valence electrons. The molecule has 4 N–H and O–H groups in total. The zero-order chi connectivity index (χ0) is 37.9. The van der Waals surface area contributed by atoms with Gasteiger partial charge in [0.1, 0.15) is 36.0 Å². The van der Waals surface area contributed by atoms with Crippen molar-refractivity contribution in [2.75, 3.05) is 26.4 Å². The van der Waals surface area contributed by atoms with Gasteiger partial charge in [-0.15, -0.1) is 0 Å². The topological polar surface area (TPSA) is 215 Å². The van der Waals surface area contributed by atoms with Crippen molar-refractivity contribution in [3.05, 3.63) is 155 Å². The lowest BCUT2D eigenvalue weighted by atomic mass is 9.93. The van der Waals surface area contributed by atoms with E-state index in [1.165, 1.54) is 0 Å². The first-order valence-electron chi connectivity index (χ1n) is 15.6. The van der Waals surface area contributed by atoms with Crippen molar-refractivity contribution in [3.8, 4) is 12.1 Å². The van der Waals surface area contributed by atoms with Gasteiger partial charge in [-0.1, -0.05) is 121 Å². The largest absolute Gasteiger partial charge is 0.453 e. The smallest absolute Gasteiger partial charge is 0.350 e. The summed E-state index contributed by atoms with van der Waals surface area (Å²) in [7, 11) is 0. The first-order chi connectivity index (χ1) is 25.2. The van der Waals surface area contributed by atoms with Gasteiger partial charge in [0.2, 0.25) is 11.6 Å². The Labute approximate surface area is 299 Å². The van der Waals surface area contributed by atoms with Crippen LogP contribution in [0, 0.1) is 22.7 Å². The molecule has 2 unspecified atom stereocenters. The summed E-state index contributed by atoms with van der Waals surface area (Å²) >= 11 is 0. The van der Waals surface area contributed by atoms with Crippen molar-refractivity contribution in [2.24, 2.45) is 0 Å². The standard InChI is InChI=1S/2C20H17NO5/c21-11-16(20(25)26-13-18(24)17(23)12-22)19(14-7-3-1-4-8-14)15-9-5-2-6-10-15;21-11-16(20(25)26-18(13-23)17(24)12-22)19(14-7-3-1-4-8-14)15-9-5-2-6-10-15/h1-10,17,22-23H,12-13H2;1-10,18,22-23H,12-13H2. The molecule has 0 heterocycles. The monoisotopic (exact) mass is 702 g/mol. The number of benzene rings is 4. The Bertz CT molecular complexity index is 1880. The highest BCUT2D eigenvalue weighted by molar-refractivity contribution is 6.07. The van der Waals surface area contributed by atoms with Gasteiger partial charge in [0, 0.05) is 11.1 Å². The lowest BCUT2D eigenvalue weighted by Gasteiger charge is -2.15. The highest BCUT2D eigenvalue weighted by atomic mass is 16.6. The van der Waals surface area contributed by atoms with Crippen molar-refractivity contribution < 1.29 is 49.1 Å². The number of Topliss-reactive ketones (excluding diaryl/α,β-unsaturated/α-hetero) is 2. The summed E-state index contributed by atoms with van der Waals surface area (Å²) in [5.41, 5.74) is 2.73. The van der Waals surface area contributed by atoms with Crippen molar-refractivity contribution >= 4 is 34.7 Å². The first-order valence-corrected chi connectivity index (χ1v) is 15.6. The van der Waals surface area contributed by atoms with Gasteiger partial charge < -0.3 is 29.9 Å². The number of esters is 2. The van der Waals surface area contributed by atoms with Crippen LogP contribution in [-0.4, -0.2) is 82.6 Å². The maximum Gasteiger partial charge on any atom is 0.350 e. The lowest BCUT2D eigenvalue weighted by molar-refractivity contribution is -0.154. The normalized spacial score (nSPS) is 11.1. The molecule has 12 nitrogen and oxygen atoms in total. The van der Waals surface area contributed by atoms with Crippen molar-refractivity contribution in [2.45, 2.75) is 12.2 Å². The lowest BCUT2D eigenvalue weighted by Crippen LogP contribution is -2.33. The molecule has 4 aromatic rings. The number of ketones is 2. The number of aliphatic hydroxyl groups excluding tert-OH is 4. The molecule has 0 saturated heterocycles. The molecule has 0 saturated carbocycles. The molecular formula is C40H34N2O10. The second-order valence-corrected chi connectivity index (χ2v) is 10.6. The molecule has 0 fully saturated rings. The summed E-state index contributed by atoms with van der Waals surface area (Å²) in [5, 5.41) is 55.1. The second kappa shape index (κ2) is 20.9. The number of hydrogen-bond donors (Lipinski definition) is 4. The molecule has 0 aromatic heterocycles. The van der Waals surface area contributed by atoms with Crippen LogP contribution in [0.2, 0.25) is 0 Å². The van der Waals surface area contributed by atoms with Crippen LogP contribution in [0.3, 0.4) is 0 Å². The Morgan fingerprint density at radius 2 is 0.923 bits per heavy atom. The fourth-order valence-electron chi connectivity index (χ4n) is 4.64. The van der Waals surface area contributed by atoms with E-state index in [-0.39, 0.29) is 11.1 Å². The fraction of sp³-hybridized carbons (Fsp3) is 0.150. The van der Waals surface area contributed by atoms with Crippen LogP contribution in [0.25, 0.3) is 11.1 Å². The van der Waals surface area contributed by atoms with Crippen LogP contribution < -0.4 is 0 Å². The summed E-state index contributed by atoms with van der Waals surface area (Å²) < 4.78 is 9.81. The number of rotatable bonds is 14. The minimum Gasteiger partial charge on any atom is -0.453 e. The van der Waals surface area contributed by atoms with E-state index >= 15 is 0 Å². The summed E-state index contributed by atoms with van der Waals surface area (Å²) in [6.07, 6.45) is -3.15. The number of carbonyl (C=O) groups excluding carboxylic acids is 4. The van der Waals surface area contributed by atoms with Crippen LogP contribution in [0.4, 0.5) is 0 Å². The van der Waals surface area contributed by atoms with Crippen LogP contribution in [0.5, 0.6) is 0 Å². The van der Waals surface area contributed by atoms with E-state index in [2.05, 4.69) is 0 Å². The van der Waals surface area contributed by atoms with Gasteiger partial charge in [0.05, 0.1) is 13.2 Å². The van der Waals surface area contributed by atoms with Crippen molar-refractivity contribution in [1.82, 2.24) is 0 Å². The Morgan fingerprint density at radius 1 is 0.558 bits per heavy atom. The molecule has 0 spiro atoms. The molecule has 2 atom stereocenters. The number of aliphatic hydroxyl groups is 4. The highest BCUT2D eigenvalue weighted by Crippen LogP contribution is 2.29. The van der Waals surface area contributed by atoms with Crippen molar-refractivity contribution in [1.29, 1.82) is 10.5 Å². The van der Waals surface area contributed by atoms with E-state index in [4.69, 9.17) is 19.7 Å². The van der Waals surface area contributed by atoms with E-state index < -0.39 is 62.1 Å². The Morgan fingerprint density at radius 3 is 1.23 bits per heavy atom. The Kier molecular flexibility index (Phi) is 16.0. The first kappa shape index (κ1) is 39.9. The Hall–Kier alpha value is -6.54. The van der Waals surface area contributed by atoms with Crippen LogP contribution in [0.1, 0.15) is 22.3 Å². The second-order valence-electron chi connectivity index (χ2n) is 10.6. The molecular weight excluding hydrogens is 668 g/mol. The van der Waals surface area contributed by atoms with Gasteiger partial charge >= 0.3 is 11.9 Å². The van der Waals surface area contributed by atoms with Gasteiger partial charge in [-0.2, -0.15) is 10.5 Å². The van der Waals surface area contributed by atoms with Crippen LogP contribution in [-0.2, 0) is 28.7 Å². The summed E-state index contributed by atoms with van der Waals surface area (Å²) in [5.74, 6) is -3.72. The van der Waals surface area contributed by atoms with Gasteiger partial charge in [0.25, 0.3) is 0 Å². The van der Waals surface area contributed by atoms with Crippen molar-refractivity contribution in [3.63, 3.8) is 0 Å². The van der Waals surface area contributed by atoms with Gasteiger partial charge in [-0.3, -0.25) is 9.59 Å². The van der Waals surface area contributed by atoms with Crippen LogP contribution >= 0.6 is 0 Å². The minimum atomic E-state index is -1.62. The predicted octanol–water partition coefficient (Wildman–Crippen LogP) is 2.96. The van der Waals surface area contributed by atoms with Crippen LogP contribution in [0.15, 0.2) is 132 Å². The predicted molar refractivity (Wildman–Crippen MR) is 187 cm³/mol. The molecule has 0 aliphatic carbocycles. The van der Waals surface area contributed by atoms with E-state index in [1.54, 1.807) is 109 Å². The highest BCUT2D eigenvalue weighted by Gasteiger charge is 2.27. The Balaban J connectivity index is 0.000000280. The molecule has 0 aliphatic rings. The van der Waals surface area contributed by atoms with E-state index in [0.29, 0.717) is 33.4 Å². The molecule has 0 bridgehead atoms. The average Bonchev–Trinajstić information content (AvgIpc) is 3.20. The zero-order valence-corrected chi connectivity index (χ0v) is 27.7. The van der Waals surface area contributed by atoms with E-state index in [0.717, 1.165) is 0 Å². The average molecular weight is 703 g/mol. The molecule has 0 aliphatic heterocycles. The minimum absolute atomic E-state index is 0.256. The molecule has 52 heavy (non-hydrogen) atoms. The van der Waals surface area contributed by atoms with Gasteiger partial charge in [0.15, 0.2) is 12.7 Å². The molecule has 0 amide bonds. The molecule has 4 aromatic carbocycles. The molecule has 12 heteroatoms. The molecule has 4 rings (SSSR count).